The molecule has 12 heteroatoms. The number of carbonyl (C=O) groups excluding carboxylic acids is 2. The van der Waals surface area contributed by atoms with Gasteiger partial charge < -0.3 is 34.2 Å². The number of piperidine rings is 1. The number of amides is 2. The van der Waals surface area contributed by atoms with Gasteiger partial charge in [0.05, 0.1) is 18.8 Å². The maximum absolute atomic E-state index is 13.6. The number of carbonyl (C=O) groups is 2. The van der Waals surface area contributed by atoms with Gasteiger partial charge in [0.25, 0.3) is 0 Å². The summed E-state index contributed by atoms with van der Waals surface area (Å²) in [6.07, 6.45) is 0.236. The number of benzene rings is 1. The zero-order valence-electron chi connectivity index (χ0n) is 20.8. The van der Waals surface area contributed by atoms with Gasteiger partial charge in [-0.15, -0.1) is 0 Å². The minimum absolute atomic E-state index is 0.0471. The summed E-state index contributed by atoms with van der Waals surface area (Å²) >= 11 is 0. The highest BCUT2D eigenvalue weighted by molar-refractivity contribution is 5.77. The van der Waals surface area contributed by atoms with E-state index in [2.05, 4.69) is 0 Å². The molecule has 1 aromatic carbocycles. The van der Waals surface area contributed by atoms with Crippen LogP contribution in [0.4, 0.5) is 13.6 Å². The Labute approximate surface area is 209 Å². The van der Waals surface area contributed by atoms with Gasteiger partial charge in [0.2, 0.25) is 5.91 Å². The van der Waals surface area contributed by atoms with Crippen molar-refractivity contribution in [3.05, 3.63) is 29.8 Å². The summed E-state index contributed by atoms with van der Waals surface area (Å²) < 4.78 is 42.7. The molecule has 0 spiro atoms. The van der Waals surface area contributed by atoms with Gasteiger partial charge in [-0.1, -0.05) is 0 Å². The van der Waals surface area contributed by atoms with Crippen LogP contribution in [0.5, 0.6) is 5.75 Å². The molecule has 2 heterocycles. The lowest BCUT2D eigenvalue weighted by Crippen LogP contribution is -2.56. The monoisotopic (exact) mass is 515 g/mol. The first-order valence-corrected chi connectivity index (χ1v) is 12.0. The number of hydrogen-bond donors (Lipinski definition) is 2. The van der Waals surface area contributed by atoms with Crippen LogP contribution in [0, 0.1) is 11.6 Å². The molecule has 36 heavy (non-hydrogen) atoms. The lowest BCUT2D eigenvalue weighted by Gasteiger charge is -2.41. The van der Waals surface area contributed by atoms with Crippen molar-refractivity contribution in [2.75, 3.05) is 72.7 Å². The second-order valence-electron chi connectivity index (χ2n) is 9.49. The van der Waals surface area contributed by atoms with Crippen LogP contribution in [-0.2, 0) is 14.3 Å². The van der Waals surface area contributed by atoms with Crippen molar-refractivity contribution in [2.24, 2.45) is 0 Å². The molecular weight excluding hydrogens is 480 g/mol. The van der Waals surface area contributed by atoms with Gasteiger partial charge in [0.15, 0.2) is 0 Å². The van der Waals surface area contributed by atoms with Crippen LogP contribution in [0.25, 0.3) is 0 Å². The minimum Gasteiger partial charge on any atom is -0.490 e. The molecular formula is C24H35F2N3O7. The topological polar surface area (TPSA) is 112 Å². The van der Waals surface area contributed by atoms with E-state index >= 15 is 0 Å². The van der Waals surface area contributed by atoms with Crippen LogP contribution >= 0.6 is 0 Å². The van der Waals surface area contributed by atoms with Crippen LogP contribution in [-0.4, -0.2) is 121 Å². The van der Waals surface area contributed by atoms with Gasteiger partial charge >= 0.3 is 6.09 Å². The Morgan fingerprint density at radius 1 is 0.972 bits per heavy atom. The number of methoxy groups -OCH3 is 1. The Morgan fingerprint density at radius 2 is 1.64 bits per heavy atom. The van der Waals surface area contributed by atoms with E-state index in [1.807, 2.05) is 4.90 Å². The van der Waals surface area contributed by atoms with Crippen LogP contribution in [0.15, 0.2) is 18.2 Å². The van der Waals surface area contributed by atoms with Crippen LogP contribution < -0.4 is 4.74 Å². The third kappa shape index (κ3) is 7.73. The van der Waals surface area contributed by atoms with Gasteiger partial charge in [-0.3, -0.25) is 9.69 Å². The summed E-state index contributed by atoms with van der Waals surface area (Å²) in [6.45, 7) is 2.98. The highest BCUT2D eigenvalue weighted by Gasteiger charge is 2.41. The van der Waals surface area contributed by atoms with E-state index in [0.29, 0.717) is 38.5 Å². The molecule has 3 rings (SSSR count). The second-order valence-corrected chi connectivity index (χ2v) is 9.49. The minimum atomic E-state index is -1.59. The third-order valence-electron chi connectivity index (χ3n) is 6.39. The zero-order valence-corrected chi connectivity index (χ0v) is 20.8. The predicted octanol–water partition coefficient (Wildman–Crippen LogP) is 0.849. The second kappa shape index (κ2) is 12.1. The van der Waals surface area contributed by atoms with Crippen LogP contribution in [0.2, 0.25) is 0 Å². The molecule has 10 nitrogen and oxygen atoms in total. The fourth-order valence-electron chi connectivity index (χ4n) is 4.62. The molecule has 0 aromatic heterocycles. The Bertz CT molecular complexity index is 893. The van der Waals surface area contributed by atoms with Crippen molar-refractivity contribution in [1.82, 2.24) is 14.7 Å². The molecule has 2 fully saturated rings. The zero-order chi connectivity index (χ0) is 26.3. The van der Waals surface area contributed by atoms with Crippen molar-refractivity contribution in [1.29, 1.82) is 0 Å². The van der Waals surface area contributed by atoms with E-state index < -0.39 is 28.9 Å². The summed E-state index contributed by atoms with van der Waals surface area (Å²) in [6, 6.07) is 2.73. The average Bonchev–Trinajstić information content (AvgIpc) is 2.96. The van der Waals surface area contributed by atoms with Gasteiger partial charge in [-0.05, 0) is 19.8 Å². The summed E-state index contributed by atoms with van der Waals surface area (Å²) in [7, 11) is 1.40. The quantitative estimate of drug-likeness (QED) is 0.524. The van der Waals surface area contributed by atoms with Crippen LogP contribution in [0.1, 0.15) is 19.8 Å². The smallest absolute Gasteiger partial charge is 0.409 e. The molecule has 0 saturated carbocycles. The Hall–Kier alpha value is -2.54. The highest BCUT2D eigenvalue weighted by Crippen LogP contribution is 2.26. The maximum Gasteiger partial charge on any atom is 0.409 e. The number of halogens is 2. The largest absolute Gasteiger partial charge is 0.490 e. The molecule has 1 aromatic rings. The predicted molar refractivity (Wildman–Crippen MR) is 124 cm³/mol. The van der Waals surface area contributed by atoms with Crippen LogP contribution in [0.3, 0.4) is 0 Å². The summed E-state index contributed by atoms with van der Waals surface area (Å²) in [5, 5.41) is 22.7. The Balaban J connectivity index is 1.70. The van der Waals surface area contributed by atoms with Crippen molar-refractivity contribution < 1.29 is 42.8 Å². The van der Waals surface area contributed by atoms with Gasteiger partial charge in [0.1, 0.15) is 36.2 Å². The van der Waals surface area contributed by atoms with Crippen molar-refractivity contribution in [3.8, 4) is 5.75 Å². The Morgan fingerprint density at radius 3 is 2.25 bits per heavy atom. The number of likely N-dealkylation sites (tertiary alicyclic amines) is 1. The first-order chi connectivity index (χ1) is 17.0. The standard InChI is InChI=1S/C24H35F2N3O7/c1-3-35-22(31)28-6-4-23(32,5-7-28)14-27-8-9-29(21(30)13-34-2)16-24(33,15-27)17-36-20-11-18(25)10-19(26)12-20/h10-12,32-33H,3-9,13-17H2,1-2H3/t24-/m1/s1. The highest BCUT2D eigenvalue weighted by atomic mass is 19.1. The molecule has 202 valence electrons. The molecule has 0 unspecified atom stereocenters. The van der Waals surface area contributed by atoms with E-state index in [4.69, 9.17) is 14.2 Å². The van der Waals surface area contributed by atoms with Gasteiger partial charge in [-0.2, -0.15) is 0 Å². The lowest BCUT2D eigenvalue weighted by molar-refractivity contribution is -0.138. The molecule has 2 amide bonds. The van der Waals surface area contributed by atoms with E-state index in [0.717, 1.165) is 12.1 Å². The number of nitrogens with zero attached hydrogens (tertiary/aromatic N) is 3. The fourth-order valence-corrected chi connectivity index (χ4v) is 4.62. The van der Waals surface area contributed by atoms with Crippen molar-refractivity contribution in [2.45, 2.75) is 31.0 Å². The normalized spacial score (nSPS) is 22.7. The average molecular weight is 516 g/mol. The van der Waals surface area contributed by atoms with E-state index in [-0.39, 0.29) is 57.7 Å². The Kier molecular flexibility index (Phi) is 9.45. The number of rotatable bonds is 8. The number of aliphatic hydroxyl groups is 2. The van der Waals surface area contributed by atoms with E-state index in [1.165, 1.54) is 12.0 Å². The van der Waals surface area contributed by atoms with Crippen molar-refractivity contribution >= 4 is 12.0 Å². The first-order valence-electron chi connectivity index (χ1n) is 12.0. The summed E-state index contributed by atoms with van der Waals surface area (Å²) in [5.74, 6) is -2.03. The molecule has 0 radical (unpaired) electrons. The number of β-amino-alcohol motifs (C(OH)–C–C–N with tert-alkyl or cyclic N) is 2. The maximum atomic E-state index is 13.6. The molecule has 1 atom stereocenters. The summed E-state index contributed by atoms with van der Waals surface area (Å²) in [4.78, 5) is 29.4. The molecule has 2 aliphatic rings. The van der Waals surface area contributed by atoms with E-state index in [1.54, 1.807) is 11.8 Å². The lowest BCUT2D eigenvalue weighted by atomic mass is 9.90. The molecule has 2 N–H and O–H groups in total. The van der Waals surface area contributed by atoms with Crippen molar-refractivity contribution in [3.63, 3.8) is 0 Å². The van der Waals surface area contributed by atoms with Gasteiger partial charge in [0, 0.05) is 64.6 Å². The van der Waals surface area contributed by atoms with E-state index in [9.17, 15) is 28.6 Å². The molecule has 0 bridgehead atoms. The third-order valence-corrected chi connectivity index (χ3v) is 6.39. The van der Waals surface area contributed by atoms with Gasteiger partial charge in [-0.25, -0.2) is 13.6 Å². The fraction of sp³-hybridized carbons (Fsp3) is 0.667. The molecule has 2 aliphatic heterocycles. The number of hydrogen-bond acceptors (Lipinski definition) is 8. The summed E-state index contributed by atoms with van der Waals surface area (Å²) in [5.41, 5.74) is -2.70. The SMILES string of the molecule is CCOC(=O)N1CCC(O)(CN2CCN(C(=O)COC)C[C@@](O)(COc3cc(F)cc(F)c3)C2)CC1. The molecule has 2 saturated heterocycles. The number of ether oxygens (including phenoxy) is 3. The first kappa shape index (κ1) is 28.0. The molecule has 0 aliphatic carbocycles.